The molecular formula is C15H17N3O2. The van der Waals surface area contributed by atoms with E-state index in [1.165, 1.54) is 6.07 Å². The van der Waals surface area contributed by atoms with Crippen LogP contribution in [0, 0.1) is 26.9 Å². The van der Waals surface area contributed by atoms with E-state index in [0.29, 0.717) is 5.39 Å². The summed E-state index contributed by atoms with van der Waals surface area (Å²) in [5.74, 6) is 0. The van der Waals surface area contributed by atoms with Crippen LogP contribution in [0.2, 0.25) is 0 Å². The van der Waals surface area contributed by atoms with E-state index in [2.05, 4.69) is 6.07 Å². The molecule has 1 aromatic heterocycles. The fraction of sp³-hybridized carbons (Fsp3) is 0.400. The second-order valence-corrected chi connectivity index (χ2v) is 5.58. The Hall–Kier alpha value is -2.35. The molecule has 20 heavy (non-hydrogen) atoms. The normalized spacial score (nSPS) is 11.4. The van der Waals surface area contributed by atoms with Crippen LogP contribution in [0.15, 0.2) is 30.5 Å². The van der Waals surface area contributed by atoms with Gasteiger partial charge in [-0.3, -0.25) is 10.1 Å². The van der Waals surface area contributed by atoms with Gasteiger partial charge < -0.3 is 4.57 Å². The number of non-ortho nitro benzene ring substituents is 1. The standard InChI is InChI=1S/C15H17N3O2/c1-15(2,11-16)8-4-9-17-10-7-12-13(17)5-3-6-14(12)18(19)20/h3,5-7,10H,4,8-9H2,1-2H3. The Bertz CT molecular complexity index is 680. The zero-order chi connectivity index (χ0) is 14.8. The fourth-order valence-corrected chi connectivity index (χ4v) is 2.31. The van der Waals surface area contributed by atoms with E-state index < -0.39 is 0 Å². The van der Waals surface area contributed by atoms with Gasteiger partial charge in [0.1, 0.15) is 0 Å². The summed E-state index contributed by atoms with van der Waals surface area (Å²) >= 11 is 0. The average molecular weight is 271 g/mol. The molecule has 0 amide bonds. The molecule has 0 aliphatic heterocycles. The number of nitriles is 1. The SMILES string of the molecule is CC(C)(C#N)CCCn1ccc2c([N+](=O)[O-])cccc21. The Balaban J connectivity index is 2.19. The molecule has 0 atom stereocenters. The van der Waals surface area contributed by atoms with E-state index in [1.54, 1.807) is 12.1 Å². The number of nitro groups is 1. The van der Waals surface area contributed by atoms with Crippen molar-refractivity contribution in [2.45, 2.75) is 33.2 Å². The lowest BCUT2D eigenvalue weighted by Gasteiger charge is -2.15. The minimum atomic E-state index is -0.356. The van der Waals surface area contributed by atoms with Crippen molar-refractivity contribution in [3.05, 3.63) is 40.6 Å². The maximum absolute atomic E-state index is 11.0. The van der Waals surface area contributed by atoms with Gasteiger partial charge in [0.2, 0.25) is 0 Å². The van der Waals surface area contributed by atoms with E-state index in [0.717, 1.165) is 24.9 Å². The first-order chi connectivity index (χ1) is 9.44. The van der Waals surface area contributed by atoms with Crippen LogP contribution in [0.5, 0.6) is 0 Å². The zero-order valence-electron chi connectivity index (χ0n) is 11.7. The Kier molecular flexibility index (Phi) is 3.75. The molecule has 0 saturated heterocycles. The molecule has 2 rings (SSSR count). The third-order valence-corrected chi connectivity index (χ3v) is 3.49. The van der Waals surface area contributed by atoms with Crippen molar-refractivity contribution in [1.82, 2.24) is 4.57 Å². The van der Waals surface area contributed by atoms with Gasteiger partial charge in [0.05, 0.1) is 27.3 Å². The third-order valence-electron chi connectivity index (χ3n) is 3.49. The van der Waals surface area contributed by atoms with Crippen LogP contribution < -0.4 is 0 Å². The highest BCUT2D eigenvalue weighted by molar-refractivity contribution is 5.89. The molecule has 0 aliphatic carbocycles. The molecule has 1 aromatic carbocycles. The highest BCUT2D eigenvalue weighted by Gasteiger charge is 2.17. The molecule has 0 radical (unpaired) electrons. The third kappa shape index (κ3) is 2.80. The molecule has 0 N–H and O–H groups in total. The van der Waals surface area contributed by atoms with Gasteiger partial charge in [0.15, 0.2) is 0 Å². The maximum Gasteiger partial charge on any atom is 0.278 e. The lowest BCUT2D eigenvalue weighted by molar-refractivity contribution is -0.383. The lowest BCUT2D eigenvalue weighted by Crippen LogP contribution is -2.09. The highest BCUT2D eigenvalue weighted by Crippen LogP contribution is 2.27. The Morgan fingerprint density at radius 3 is 2.80 bits per heavy atom. The zero-order valence-corrected chi connectivity index (χ0v) is 11.7. The summed E-state index contributed by atoms with van der Waals surface area (Å²) in [5, 5.41) is 20.6. The molecule has 2 aromatic rings. The first-order valence-electron chi connectivity index (χ1n) is 6.58. The van der Waals surface area contributed by atoms with Gasteiger partial charge in [-0.05, 0) is 38.8 Å². The monoisotopic (exact) mass is 271 g/mol. The van der Waals surface area contributed by atoms with Gasteiger partial charge in [0.25, 0.3) is 5.69 Å². The molecule has 0 saturated carbocycles. The summed E-state index contributed by atoms with van der Waals surface area (Å²) in [6.07, 6.45) is 3.54. The fourth-order valence-electron chi connectivity index (χ4n) is 2.31. The van der Waals surface area contributed by atoms with Crippen molar-refractivity contribution in [2.75, 3.05) is 0 Å². The van der Waals surface area contributed by atoms with Crippen LogP contribution >= 0.6 is 0 Å². The second-order valence-electron chi connectivity index (χ2n) is 5.58. The summed E-state index contributed by atoms with van der Waals surface area (Å²) in [7, 11) is 0. The number of nitrogens with zero attached hydrogens (tertiary/aromatic N) is 3. The van der Waals surface area contributed by atoms with Gasteiger partial charge in [-0.15, -0.1) is 0 Å². The summed E-state index contributed by atoms with van der Waals surface area (Å²) in [5.41, 5.74) is 0.683. The van der Waals surface area contributed by atoms with Gasteiger partial charge in [-0.25, -0.2) is 0 Å². The van der Waals surface area contributed by atoms with Crippen molar-refractivity contribution in [3.8, 4) is 6.07 Å². The number of hydrogen-bond donors (Lipinski definition) is 0. The highest BCUT2D eigenvalue weighted by atomic mass is 16.6. The van der Waals surface area contributed by atoms with Crippen LogP contribution in [0.3, 0.4) is 0 Å². The number of hydrogen-bond acceptors (Lipinski definition) is 3. The van der Waals surface area contributed by atoms with Crippen LogP contribution in [0.4, 0.5) is 5.69 Å². The molecule has 0 spiro atoms. The molecule has 1 heterocycles. The minimum Gasteiger partial charge on any atom is -0.347 e. The number of aryl methyl sites for hydroxylation is 1. The predicted octanol–water partition coefficient (Wildman–Crippen LogP) is 3.88. The van der Waals surface area contributed by atoms with Gasteiger partial charge in [-0.2, -0.15) is 5.26 Å². The molecule has 0 fully saturated rings. The van der Waals surface area contributed by atoms with E-state index in [1.807, 2.05) is 30.7 Å². The number of rotatable bonds is 5. The van der Waals surface area contributed by atoms with Crippen LogP contribution in [0.1, 0.15) is 26.7 Å². The van der Waals surface area contributed by atoms with Crippen LogP contribution in [-0.4, -0.2) is 9.49 Å². The lowest BCUT2D eigenvalue weighted by atomic mass is 9.90. The molecular weight excluding hydrogens is 254 g/mol. The quantitative estimate of drug-likeness (QED) is 0.612. The topological polar surface area (TPSA) is 71.9 Å². The van der Waals surface area contributed by atoms with Crippen molar-refractivity contribution < 1.29 is 4.92 Å². The Morgan fingerprint density at radius 2 is 2.15 bits per heavy atom. The molecule has 0 bridgehead atoms. The van der Waals surface area contributed by atoms with Crippen molar-refractivity contribution in [2.24, 2.45) is 5.41 Å². The van der Waals surface area contributed by atoms with Gasteiger partial charge in [-0.1, -0.05) is 6.07 Å². The summed E-state index contributed by atoms with van der Waals surface area (Å²) in [6.45, 7) is 4.60. The molecule has 0 aliphatic rings. The van der Waals surface area contributed by atoms with Crippen molar-refractivity contribution >= 4 is 16.6 Å². The predicted molar refractivity (Wildman–Crippen MR) is 77.2 cm³/mol. The second kappa shape index (κ2) is 5.33. The molecule has 0 unspecified atom stereocenters. The molecule has 5 heteroatoms. The first-order valence-corrected chi connectivity index (χ1v) is 6.58. The van der Waals surface area contributed by atoms with E-state index in [4.69, 9.17) is 5.26 Å². The Labute approximate surface area is 117 Å². The van der Waals surface area contributed by atoms with E-state index in [-0.39, 0.29) is 16.0 Å². The molecule has 104 valence electrons. The van der Waals surface area contributed by atoms with E-state index >= 15 is 0 Å². The molecule has 5 nitrogen and oxygen atoms in total. The summed E-state index contributed by atoms with van der Waals surface area (Å²) < 4.78 is 2.01. The first kappa shape index (κ1) is 14.1. The van der Waals surface area contributed by atoms with Gasteiger partial charge >= 0.3 is 0 Å². The number of benzene rings is 1. The van der Waals surface area contributed by atoms with Crippen LogP contribution in [-0.2, 0) is 6.54 Å². The maximum atomic E-state index is 11.0. The minimum absolute atomic E-state index is 0.138. The summed E-state index contributed by atoms with van der Waals surface area (Å²) in [6, 6.07) is 9.18. The van der Waals surface area contributed by atoms with Crippen molar-refractivity contribution in [1.29, 1.82) is 5.26 Å². The van der Waals surface area contributed by atoms with Crippen LogP contribution in [0.25, 0.3) is 10.9 Å². The summed E-state index contributed by atoms with van der Waals surface area (Å²) in [4.78, 5) is 10.6. The Morgan fingerprint density at radius 1 is 1.40 bits per heavy atom. The van der Waals surface area contributed by atoms with E-state index in [9.17, 15) is 10.1 Å². The average Bonchev–Trinajstić information content (AvgIpc) is 2.82. The number of nitro benzene ring substituents is 1. The number of aromatic nitrogens is 1. The largest absolute Gasteiger partial charge is 0.347 e. The number of fused-ring (bicyclic) bond motifs is 1. The van der Waals surface area contributed by atoms with Gasteiger partial charge in [0, 0.05) is 18.8 Å². The van der Waals surface area contributed by atoms with Crippen molar-refractivity contribution in [3.63, 3.8) is 0 Å². The smallest absolute Gasteiger partial charge is 0.278 e.